The van der Waals surface area contributed by atoms with E-state index in [1.807, 2.05) is 6.92 Å². The van der Waals surface area contributed by atoms with Crippen LogP contribution in [0.5, 0.6) is 0 Å². The van der Waals surface area contributed by atoms with Crippen molar-refractivity contribution >= 4 is 7.37 Å². The smallest absolute Gasteiger partial charge is 0.197 e. The van der Waals surface area contributed by atoms with E-state index in [1.54, 1.807) is 0 Å². The topological polar surface area (TPSA) is 98.3 Å². The molecule has 0 aliphatic heterocycles. The van der Waals surface area contributed by atoms with Crippen LogP contribution in [0.3, 0.4) is 0 Å². The van der Waals surface area contributed by atoms with Crippen LogP contribution in [0, 0.1) is 0 Å². The Morgan fingerprint density at radius 2 is 2.10 bits per heavy atom. The summed E-state index contributed by atoms with van der Waals surface area (Å²) in [5.41, 5.74) is 5.37. The fourth-order valence-electron chi connectivity index (χ4n) is 0.443. The summed E-state index contributed by atoms with van der Waals surface area (Å²) in [5, 5.41) is 0. The molecule has 0 spiro atoms. The zero-order valence-corrected chi connectivity index (χ0v) is 7.47. The molecule has 0 saturated carbocycles. The molecular formula is C5H17N2O2P. The summed E-state index contributed by atoms with van der Waals surface area (Å²) in [7, 11) is -2.80. The second kappa shape index (κ2) is 4.85. The van der Waals surface area contributed by atoms with E-state index in [-0.39, 0.29) is 12.2 Å². The number of hydrogen-bond acceptors (Lipinski definition) is 3. The van der Waals surface area contributed by atoms with Crippen LogP contribution in [0.1, 0.15) is 13.3 Å². The van der Waals surface area contributed by atoms with E-state index in [4.69, 9.17) is 10.6 Å². The number of rotatable bonds is 3. The van der Waals surface area contributed by atoms with Gasteiger partial charge in [-0.1, -0.05) is 0 Å². The highest BCUT2D eigenvalue weighted by Crippen LogP contribution is 2.35. The van der Waals surface area contributed by atoms with E-state index < -0.39 is 7.37 Å². The molecule has 10 heavy (non-hydrogen) atoms. The molecule has 1 unspecified atom stereocenters. The Balaban J connectivity index is 0. The Bertz CT molecular complexity index is 121. The van der Waals surface area contributed by atoms with Gasteiger partial charge in [-0.05, 0) is 13.3 Å². The molecule has 0 rings (SSSR count). The first-order valence-corrected chi connectivity index (χ1v) is 5.26. The fraction of sp³-hybridized carbons (Fsp3) is 1.00. The van der Waals surface area contributed by atoms with Crippen molar-refractivity contribution in [3.05, 3.63) is 0 Å². The third kappa shape index (κ3) is 11.0. The normalized spacial score (nSPS) is 18.8. The lowest BCUT2D eigenvalue weighted by atomic mass is 10.3. The highest BCUT2D eigenvalue weighted by molar-refractivity contribution is 7.57. The van der Waals surface area contributed by atoms with Gasteiger partial charge in [0.05, 0.1) is 0 Å². The number of hydrogen-bond donors (Lipinski definition) is 3. The standard InChI is InChI=1S/C5H14NO2P.H3N/c1-5(6)3-4-9(2,7)8;/h5H,3-4,6H2,1-2H3,(H,7,8);1H3/t5-;/m1./s1. The summed E-state index contributed by atoms with van der Waals surface area (Å²) < 4.78 is 10.6. The molecule has 0 aromatic carbocycles. The van der Waals surface area contributed by atoms with Gasteiger partial charge in [-0.3, -0.25) is 4.57 Å². The SMILES string of the molecule is C[C@@H](N)CCP(C)(=O)O.N. The van der Waals surface area contributed by atoms with Gasteiger partial charge in [0.25, 0.3) is 0 Å². The van der Waals surface area contributed by atoms with Gasteiger partial charge < -0.3 is 16.8 Å². The van der Waals surface area contributed by atoms with E-state index >= 15 is 0 Å². The van der Waals surface area contributed by atoms with E-state index in [0.29, 0.717) is 12.6 Å². The highest BCUT2D eigenvalue weighted by atomic mass is 31.2. The van der Waals surface area contributed by atoms with Crippen LogP contribution in [0.15, 0.2) is 0 Å². The molecule has 0 radical (unpaired) electrons. The van der Waals surface area contributed by atoms with Gasteiger partial charge in [-0.2, -0.15) is 0 Å². The average Bonchev–Trinajstić information content (AvgIpc) is 1.59. The lowest BCUT2D eigenvalue weighted by Gasteiger charge is -2.06. The Labute approximate surface area is 61.8 Å². The van der Waals surface area contributed by atoms with Gasteiger partial charge in [0.2, 0.25) is 0 Å². The van der Waals surface area contributed by atoms with Gasteiger partial charge in [0.15, 0.2) is 7.37 Å². The molecule has 0 aromatic rings. The predicted octanol–water partition coefficient (Wildman–Crippen LogP) is 0.786. The maximum absolute atomic E-state index is 10.6. The Kier molecular flexibility index (Phi) is 6.19. The lowest BCUT2D eigenvalue weighted by molar-refractivity contribution is 0.480. The Hall–Kier alpha value is 0.110. The summed E-state index contributed by atoms with van der Waals surface area (Å²) in [5.74, 6) is 0. The molecule has 0 saturated heterocycles. The van der Waals surface area contributed by atoms with E-state index in [1.165, 1.54) is 6.66 Å². The molecule has 0 heterocycles. The molecule has 0 bridgehead atoms. The molecule has 6 N–H and O–H groups in total. The van der Waals surface area contributed by atoms with Crippen LogP contribution < -0.4 is 11.9 Å². The second-order valence-corrected chi connectivity index (χ2v) is 5.09. The predicted molar refractivity (Wildman–Crippen MR) is 43.9 cm³/mol. The Morgan fingerprint density at radius 3 is 2.20 bits per heavy atom. The van der Waals surface area contributed by atoms with Crippen LogP contribution >= 0.6 is 7.37 Å². The maximum Gasteiger partial charge on any atom is 0.197 e. The van der Waals surface area contributed by atoms with Gasteiger partial charge in [0.1, 0.15) is 0 Å². The summed E-state index contributed by atoms with van der Waals surface area (Å²) in [6, 6.07) is 0.0328. The first-order chi connectivity index (χ1) is 3.92. The first-order valence-electron chi connectivity index (χ1n) is 2.96. The van der Waals surface area contributed by atoms with Crippen molar-refractivity contribution in [3.63, 3.8) is 0 Å². The van der Waals surface area contributed by atoms with Crippen molar-refractivity contribution in [1.29, 1.82) is 0 Å². The van der Waals surface area contributed by atoms with Crippen molar-refractivity contribution in [1.82, 2.24) is 6.15 Å². The minimum Gasteiger partial charge on any atom is -0.344 e. The molecular weight excluding hydrogens is 151 g/mol. The van der Waals surface area contributed by atoms with Crippen molar-refractivity contribution in [3.8, 4) is 0 Å². The van der Waals surface area contributed by atoms with Crippen molar-refractivity contribution in [2.75, 3.05) is 12.8 Å². The van der Waals surface area contributed by atoms with E-state index in [2.05, 4.69) is 0 Å². The largest absolute Gasteiger partial charge is 0.344 e. The quantitative estimate of drug-likeness (QED) is 0.542. The van der Waals surface area contributed by atoms with Crippen LogP contribution in [0.25, 0.3) is 0 Å². The minimum atomic E-state index is -2.80. The molecule has 0 fully saturated rings. The summed E-state index contributed by atoms with van der Waals surface area (Å²) >= 11 is 0. The van der Waals surface area contributed by atoms with Gasteiger partial charge in [-0.25, -0.2) is 0 Å². The summed E-state index contributed by atoms with van der Waals surface area (Å²) in [6.07, 6.45) is 0.967. The summed E-state index contributed by atoms with van der Waals surface area (Å²) in [4.78, 5) is 8.77. The maximum atomic E-state index is 10.6. The Morgan fingerprint density at radius 1 is 1.70 bits per heavy atom. The van der Waals surface area contributed by atoms with Crippen molar-refractivity contribution < 1.29 is 9.46 Å². The average molecular weight is 168 g/mol. The zero-order valence-electron chi connectivity index (χ0n) is 6.58. The third-order valence-electron chi connectivity index (χ3n) is 0.999. The van der Waals surface area contributed by atoms with E-state index in [0.717, 1.165) is 0 Å². The van der Waals surface area contributed by atoms with Gasteiger partial charge in [0, 0.05) is 18.9 Å². The second-order valence-electron chi connectivity index (χ2n) is 2.54. The van der Waals surface area contributed by atoms with Gasteiger partial charge in [-0.15, -0.1) is 0 Å². The van der Waals surface area contributed by atoms with Crippen LogP contribution in [0.2, 0.25) is 0 Å². The number of nitrogens with two attached hydrogens (primary N) is 1. The van der Waals surface area contributed by atoms with Crippen molar-refractivity contribution in [2.24, 2.45) is 5.73 Å². The molecule has 0 aliphatic rings. The van der Waals surface area contributed by atoms with Crippen LogP contribution in [0.4, 0.5) is 0 Å². The molecule has 2 atom stereocenters. The molecule has 5 heteroatoms. The van der Waals surface area contributed by atoms with Gasteiger partial charge >= 0.3 is 0 Å². The molecule has 0 amide bonds. The monoisotopic (exact) mass is 168 g/mol. The molecule has 0 aliphatic carbocycles. The molecule has 64 valence electrons. The van der Waals surface area contributed by atoms with Crippen molar-refractivity contribution in [2.45, 2.75) is 19.4 Å². The minimum absolute atomic E-state index is 0. The van der Waals surface area contributed by atoms with E-state index in [9.17, 15) is 4.57 Å². The first kappa shape index (κ1) is 12.8. The fourth-order valence-corrected chi connectivity index (χ4v) is 1.33. The molecule has 0 aromatic heterocycles. The summed E-state index contributed by atoms with van der Waals surface area (Å²) in [6.45, 7) is 3.19. The molecule has 4 nitrogen and oxygen atoms in total. The van der Waals surface area contributed by atoms with Crippen LogP contribution in [-0.4, -0.2) is 23.8 Å². The highest BCUT2D eigenvalue weighted by Gasteiger charge is 2.09. The van der Waals surface area contributed by atoms with Crippen LogP contribution in [-0.2, 0) is 4.57 Å². The third-order valence-corrected chi connectivity index (χ3v) is 2.09. The lowest BCUT2D eigenvalue weighted by Crippen LogP contribution is -2.16. The zero-order chi connectivity index (χ0) is 7.49.